The molecule has 0 aliphatic rings. The number of aromatic nitrogens is 7. The van der Waals surface area contributed by atoms with E-state index < -0.39 is 0 Å². The highest BCUT2D eigenvalue weighted by Crippen LogP contribution is 1.93. The van der Waals surface area contributed by atoms with Crippen LogP contribution in [0.3, 0.4) is 0 Å². The average Bonchev–Trinajstić information content (AvgIpc) is 3.08. The fraction of sp³-hybridized carbons (Fsp3) is 0. The van der Waals surface area contributed by atoms with Gasteiger partial charge in [0.25, 0.3) is 5.78 Å². The summed E-state index contributed by atoms with van der Waals surface area (Å²) in [7, 11) is 0. The summed E-state index contributed by atoms with van der Waals surface area (Å²) in [6.45, 7) is 0. The van der Waals surface area contributed by atoms with E-state index in [0.717, 1.165) is 5.65 Å². The van der Waals surface area contributed by atoms with Crippen LogP contribution in [0, 0.1) is 0 Å². The molecule has 0 fully saturated rings. The van der Waals surface area contributed by atoms with Gasteiger partial charge in [0, 0.05) is 24.8 Å². The monoisotopic (exact) mass is 239 g/mol. The van der Waals surface area contributed by atoms with E-state index in [1.165, 1.54) is 0 Å². The van der Waals surface area contributed by atoms with Gasteiger partial charge in [0.05, 0.1) is 6.20 Å². The Bertz CT molecular complexity index is 631. The molecule has 0 aliphatic heterocycles. The Balaban J connectivity index is 0.000000111. The van der Waals surface area contributed by atoms with E-state index in [1.807, 2.05) is 28.9 Å². The van der Waals surface area contributed by atoms with Crippen molar-refractivity contribution in [2.75, 3.05) is 0 Å². The summed E-state index contributed by atoms with van der Waals surface area (Å²) in [6, 6.07) is 3.70. The largest absolute Gasteiger partial charge is 0.291 e. The summed E-state index contributed by atoms with van der Waals surface area (Å²) < 4.78 is 3.61. The van der Waals surface area contributed by atoms with Crippen molar-refractivity contribution in [1.29, 1.82) is 0 Å². The topological polar surface area (TPSA) is 73.3 Å². The van der Waals surface area contributed by atoms with E-state index in [9.17, 15) is 0 Å². The van der Waals surface area contributed by atoms with Crippen molar-refractivity contribution < 1.29 is 0 Å². The van der Waals surface area contributed by atoms with Crippen molar-refractivity contribution in [1.82, 2.24) is 34.0 Å². The van der Waals surface area contributed by atoms with E-state index in [-0.39, 0.29) is 0 Å². The number of imidazole rings is 1. The van der Waals surface area contributed by atoms with Gasteiger partial charge < -0.3 is 0 Å². The molecule has 4 aromatic heterocycles. The summed E-state index contributed by atoms with van der Waals surface area (Å²) in [5.41, 5.74) is 0.887. The maximum absolute atomic E-state index is 4.04. The second-order valence-corrected chi connectivity index (χ2v) is 3.44. The third-order valence-electron chi connectivity index (χ3n) is 2.26. The van der Waals surface area contributed by atoms with Crippen LogP contribution in [0.5, 0.6) is 0 Å². The van der Waals surface area contributed by atoms with Crippen LogP contribution in [0.4, 0.5) is 0 Å². The molecule has 0 saturated heterocycles. The van der Waals surface area contributed by atoms with Crippen molar-refractivity contribution in [3.8, 4) is 0 Å². The molecule has 88 valence electrons. The predicted octanol–water partition coefficient (Wildman–Crippen LogP) is 0.854. The number of hydrogen-bond donors (Lipinski definition) is 0. The zero-order chi connectivity index (χ0) is 12.2. The highest BCUT2D eigenvalue weighted by Gasteiger charge is 1.89. The number of nitrogens with zero attached hydrogens (tertiary/aromatic N) is 7. The standard InChI is InChI=1S/C6H5N3.C5H4N4/c1-2-8-6-4-7-5-9(6)3-1;1-2-6-5-8-7-4-9(5)3-1/h1-5H;1-4H. The first-order valence-corrected chi connectivity index (χ1v) is 5.26. The highest BCUT2D eigenvalue weighted by molar-refractivity contribution is 5.33. The quantitative estimate of drug-likeness (QED) is 0.455. The minimum Gasteiger partial charge on any atom is -0.291 e. The van der Waals surface area contributed by atoms with Crippen molar-refractivity contribution in [2.45, 2.75) is 0 Å². The average molecular weight is 239 g/mol. The van der Waals surface area contributed by atoms with Crippen molar-refractivity contribution in [3.63, 3.8) is 0 Å². The van der Waals surface area contributed by atoms with Crippen LogP contribution in [0.15, 0.2) is 55.8 Å². The van der Waals surface area contributed by atoms with E-state index >= 15 is 0 Å². The first-order valence-electron chi connectivity index (χ1n) is 5.26. The summed E-state index contributed by atoms with van der Waals surface area (Å²) >= 11 is 0. The highest BCUT2D eigenvalue weighted by atomic mass is 15.3. The van der Waals surface area contributed by atoms with E-state index in [2.05, 4.69) is 25.1 Å². The Morgan fingerprint density at radius 3 is 2.56 bits per heavy atom. The first kappa shape index (κ1) is 10.3. The molecule has 7 heteroatoms. The van der Waals surface area contributed by atoms with Gasteiger partial charge in [-0.15, -0.1) is 10.2 Å². The lowest BCUT2D eigenvalue weighted by molar-refractivity contribution is 1.10. The van der Waals surface area contributed by atoms with Gasteiger partial charge in [0.1, 0.15) is 12.7 Å². The van der Waals surface area contributed by atoms with Gasteiger partial charge >= 0.3 is 0 Å². The molecule has 0 unspecified atom stereocenters. The molecule has 7 nitrogen and oxygen atoms in total. The Labute approximate surface area is 102 Å². The molecule has 0 amide bonds. The molecule has 0 bridgehead atoms. The van der Waals surface area contributed by atoms with Crippen LogP contribution in [0.2, 0.25) is 0 Å². The SMILES string of the molecule is c1cnc2cncn2c1.c1cnc2nncn2c1. The van der Waals surface area contributed by atoms with Crippen LogP contribution < -0.4 is 0 Å². The van der Waals surface area contributed by atoms with Crippen molar-refractivity contribution in [2.24, 2.45) is 0 Å². The Morgan fingerprint density at radius 2 is 1.72 bits per heavy atom. The molecule has 0 atom stereocenters. The minimum atomic E-state index is 0.637. The minimum absolute atomic E-state index is 0.637. The van der Waals surface area contributed by atoms with Crippen molar-refractivity contribution in [3.05, 3.63) is 55.8 Å². The molecule has 0 radical (unpaired) electrons. The van der Waals surface area contributed by atoms with Gasteiger partial charge in [-0.2, -0.15) is 0 Å². The van der Waals surface area contributed by atoms with Crippen LogP contribution >= 0.6 is 0 Å². The third kappa shape index (κ3) is 2.01. The smallest absolute Gasteiger partial charge is 0.254 e. The lowest BCUT2D eigenvalue weighted by Crippen LogP contribution is -1.82. The number of rotatable bonds is 0. The molecule has 4 aromatic rings. The molecule has 4 heterocycles. The van der Waals surface area contributed by atoms with Crippen LogP contribution in [-0.4, -0.2) is 34.0 Å². The van der Waals surface area contributed by atoms with E-state index in [1.54, 1.807) is 35.6 Å². The molecule has 0 saturated carbocycles. The van der Waals surface area contributed by atoms with Crippen molar-refractivity contribution >= 4 is 11.4 Å². The van der Waals surface area contributed by atoms with Gasteiger partial charge in [-0.1, -0.05) is 0 Å². The molecule has 0 spiro atoms. The fourth-order valence-corrected chi connectivity index (χ4v) is 1.44. The lowest BCUT2D eigenvalue weighted by Gasteiger charge is -1.85. The van der Waals surface area contributed by atoms with Gasteiger partial charge in [-0.3, -0.25) is 8.80 Å². The normalized spacial score (nSPS) is 10.2. The molecular formula is C11H9N7. The molecule has 0 aliphatic carbocycles. The maximum Gasteiger partial charge on any atom is 0.254 e. The first-order chi connectivity index (χ1) is 8.93. The summed E-state index contributed by atoms with van der Waals surface area (Å²) in [4.78, 5) is 11.9. The molecular weight excluding hydrogens is 230 g/mol. The maximum atomic E-state index is 4.04. The summed E-state index contributed by atoms with van der Waals surface area (Å²) in [5, 5.41) is 7.37. The van der Waals surface area contributed by atoms with Gasteiger partial charge in [0.2, 0.25) is 0 Å². The van der Waals surface area contributed by atoms with Gasteiger partial charge in [-0.05, 0) is 12.1 Å². The van der Waals surface area contributed by atoms with Gasteiger partial charge in [-0.25, -0.2) is 15.0 Å². The Hall–Kier alpha value is -2.83. The second kappa shape index (κ2) is 4.58. The zero-order valence-corrected chi connectivity index (χ0v) is 9.33. The second-order valence-electron chi connectivity index (χ2n) is 3.44. The predicted molar refractivity (Wildman–Crippen MR) is 63.8 cm³/mol. The Morgan fingerprint density at radius 1 is 0.889 bits per heavy atom. The molecule has 4 rings (SSSR count). The molecule has 0 N–H and O–H groups in total. The third-order valence-corrected chi connectivity index (χ3v) is 2.26. The number of fused-ring (bicyclic) bond motifs is 2. The van der Waals surface area contributed by atoms with E-state index in [0.29, 0.717) is 5.78 Å². The van der Waals surface area contributed by atoms with Crippen LogP contribution in [0.25, 0.3) is 11.4 Å². The van der Waals surface area contributed by atoms with Gasteiger partial charge in [0.15, 0.2) is 5.65 Å². The molecule has 18 heavy (non-hydrogen) atoms. The zero-order valence-electron chi connectivity index (χ0n) is 9.33. The fourth-order valence-electron chi connectivity index (χ4n) is 1.44. The summed E-state index contributed by atoms with van der Waals surface area (Å²) in [5.74, 6) is 0.637. The van der Waals surface area contributed by atoms with E-state index in [4.69, 9.17) is 0 Å². The molecule has 0 aromatic carbocycles. The summed E-state index contributed by atoms with van der Waals surface area (Å²) in [6.07, 6.45) is 12.3. The van der Waals surface area contributed by atoms with Crippen LogP contribution in [0.1, 0.15) is 0 Å². The van der Waals surface area contributed by atoms with Crippen LogP contribution in [-0.2, 0) is 0 Å². The lowest BCUT2D eigenvalue weighted by atomic mass is 10.6. The number of hydrogen-bond acceptors (Lipinski definition) is 5. The Kier molecular flexibility index (Phi) is 2.63.